The topological polar surface area (TPSA) is 108 Å². The number of hydrogen-bond acceptors (Lipinski definition) is 10. The van der Waals surface area contributed by atoms with E-state index in [1.807, 2.05) is 0 Å². The molecule has 0 aliphatic carbocycles. The largest absolute Gasteiger partial charge is 0.473 e. The Kier molecular flexibility index (Phi) is 16.2. The second kappa shape index (κ2) is 17.6. The lowest BCUT2D eigenvalue weighted by molar-refractivity contribution is -0.172. The van der Waals surface area contributed by atoms with Gasteiger partial charge < -0.3 is 37.9 Å². The maximum absolute atomic E-state index is 12.2. The van der Waals surface area contributed by atoms with Crippen molar-refractivity contribution in [1.29, 1.82) is 0 Å². The van der Waals surface area contributed by atoms with Crippen molar-refractivity contribution < 1.29 is 47.5 Å². The first-order valence-corrected chi connectivity index (χ1v) is 10.5. The van der Waals surface area contributed by atoms with Gasteiger partial charge in [-0.25, -0.2) is 4.79 Å². The molecular formula is C24H38O10. The molecule has 0 saturated carbocycles. The second-order valence-corrected chi connectivity index (χ2v) is 7.76. The molecule has 10 heteroatoms. The molecule has 194 valence electrons. The van der Waals surface area contributed by atoms with Crippen molar-refractivity contribution in [2.24, 2.45) is 5.41 Å². The van der Waals surface area contributed by atoms with E-state index < -0.39 is 17.4 Å². The van der Waals surface area contributed by atoms with Gasteiger partial charge in [-0.1, -0.05) is 26.3 Å². The van der Waals surface area contributed by atoms with Gasteiger partial charge in [-0.3, -0.25) is 4.79 Å². The van der Waals surface area contributed by atoms with Gasteiger partial charge in [0.2, 0.25) is 0 Å². The molecule has 0 radical (unpaired) electrons. The van der Waals surface area contributed by atoms with Crippen LogP contribution in [0.25, 0.3) is 0 Å². The zero-order valence-corrected chi connectivity index (χ0v) is 20.8. The lowest BCUT2D eigenvalue weighted by Crippen LogP contribution is -2.43. The Labute approximate surface area is 202 Å². The van der Waals surface area contributed by atoms with E-state index in [9.17, 15) is 9.59 Å². The summed E-state index contributed by atoms with van der Waals surface area (Å²) in [6.45, 7) is 20.7. The molecule has 0 aromatic rings. The molecule has 0 aromatic carbocycles. The van der Waals surface area contributed by atoms with E-state index in [0.717, 1.165) is 0 Å². The molecule has 0 rings (SSSR count). The molecule has 0 amide bonds. The van der Waals surface area contributed by atoms with Crippen LogP contribution in [0.1, 0.15) is 34.1 Å². The van der Waals surface area contributed by atoms with Crippen LogP contribution in [0.4, 0.5) is 0 Å². The Balaban J connectivity index is 5.13. The average molecular weight is 487 g/mol. The highest BCUT2D eigenvalue weighted by molar-refractivity contribution is 5.87. The van der Waals surface area contributed by atoms with Gasteiger partial charge in [-0.2, -0.15) is 0 Å². The van der Waals surface area contributed by atoms with Crippen molar-refractivity contribution in [3.05, 3.63) is 49.2 Å². The van der Waals surface area contributed by atoms with Crippen LogP contribution in [0.15, 0.2) is 49.2 Å². The molecule has 0 bridgehead atoms. The van der Waals surface area contributed by atoms with Crippen molar-refractivity contribution >= 4 is 11.9 Å². The average Bonchev–Trinajstić information content (AvgIpc) is 2.75. The quantitative estimate of drug-likeness (QED) is 0.0785. The maximum Gasteiger partial charge on any atom is 0.333 e. The third kappa shape index (κ3) is 16.8. The first kappa shape index (κ1) is 31.2. The van der Waals surface area contributed by atoms with Gasteiger partial charge in [-0.15, -0.1) is 0 Å². The van der Waals surface area contributed by atoms with Gasteiger partial charge >= 0.3 is 11.9 Å². The molecule has 0 aromatic heterocycles. The summed E-state index contributed by atoms with van der Waals surface area (Å²) in [6.07, 6.45) is -0.131. The molecule has 0 fully saturated rings. The number of carbonyl (C=O) groups excluding carboxylic acids is 2. The van der Waals surface area contributed by atoms with Crippen LogP contribution < -0.4 is 0 Å². The first-order valence-electron chi connectivity index (χ1n) is 10.5. The highest BCUT2D eigenvalue weighted by Gasteiger charge is 2.34. The van der Waals surface area contributed by atoms with Crippen molar-refractivity contribution in [3.63, 3.8) is 0 Å². The van der Waals surface area contributed by atoms with Gasteiger partial charge in [0.15, 0.2) is 20.4 Å². The van der Waals surface area contributed by atoms with Crippen LogP contribution in [0, 0.1) is 5.41 Å². The summed E-state index contributed by atoms with van der Waals surface area (Å²) in [7, 11) is 0. The van der Waals surface area contributed by atoms with Crippen LogP contribution in [0.2, 0.25) is 0 Å². The highest BCUT2D eigenvalue weighted by atomic mass is 16.7. The molecule has 0 saturated heterocycles. The predicted molar refractivity (Wildman–Crippen MR) is 124 cm³/mol. The van der Waals surface area contributed by atoms with Gasteiger partial charge in [0, 0.05) is 5.57 Å². The summed E-state index contributed by atoms with van der Waals surface area (Å²) in [5.41, 5.74) is -0.691. The summed E-state index contributed by atoms with van der Waals surface area (Å²) in [6, 6.07) is 0. The SMILES string of the molecule is C=C(C)OCOCC(COCOC(=C)C)(COCOC(=C)C)COC(=O)CCOC(=O)C(=C)C. The molecule has 0 N–H and O–H groups in total. The van der Waals surface area contributed by atoms with Crippen molar-refractivity contribution in [2.75, 3.05) is 53.4 Å². The van der Waals surface area contributed by atoms with Gasteiger partial charge in [0.1, 0.15) is 13.2 Å². The first-order chi connectivity index (χ1) is 16.0. The van der Waals surface area contributed by atoms with Crippen LogP contribution in [-0.4, -0.2) is 65.4 Å². The number of carbonyl (C=O) groups is 2. The standard InChI is InChI=1S/C24H38O10/c1-18(2)23(26)30-10-9-22(25)31-14-24(11-27-15-32-19(3)4,12-28-16-33-20(5)6)13-29-17-34-21(7)8/h1,3,5,7,9-17H2,2,4,6,8H3. The Morgan fingerprint density at radius 3 is 1.38 bits per heavy atom. The van der Waals surface area contributed by atoms with Crippen molar-refractivity contribution in [3.8, 4) is 0 Å². The normalized spacial score (nSPS) is 10.7. The molecule has 0 aliphatic rings. The highest BCUT2D eigenvalue weighted by Crippen LogP contribution is 2.22. The molecule has 10 nitrogen and oxygen atoms in total. The Morgan fingerprint density at radius 1 is 0.618 bits per heavy atom. The Bertz CT molecular complexity index is 643. The minimum absolute atomic E-state index is 0.0539. The van der Waals surface area contributed by atoms with Crippen LogP contribution in [0.5, 0.6) is 0 Å². The van der Waals surface area contributed by atoms with Gasteiger partial charge in [0.25, 0.3) is 0 Å². The summed E-state index contributed by atoms with van der Waals surface area (Å²) >= 11 is 0. The lowest BCUT2D eigenvalue weighted by atomic mass is 9.92. The van der Waals surface area contributed by atoms with E-state index in [2.05, 4.69) is 26.3 Å². The maximum atomic E-state index is 12.2. The van der Waals surface area contributed by atoms with E-state index in [1.54, 1.807) is 20.8 Å². The molecule has 0 aliphatic heterocycles. The van der Waals surface area contributed by atoms with E-state index in [0.29, 0.717) is 17.3 Å². The fourth-order valence-corrected chi connectivity index (χ4v) is 2.11. The van der Waals surface area contributed by atoms with E-state index in [-0.39, 0.29) is 65.4 Å². The molecule has 0 heterocycles. The summed E-state index contributed by atoms with van der Waals surface area (Å²) in [5, 5.41) is 0. The fourth-order valence-electron chi connectivity index (χ4n) is 2.11. The molecular weight excluding hydrogens is 448 g/mol. The third-order valence-electron chi connectivity index (χ3n) is 3.82. The zero-order chi connectivity index (χ0) is 26.0. The minimum atomic E-state index is -0.931. The summed E-state index contributed by atoms with van der Waals surface area (Å²) < 4.78 is 42.9. The van der Waals surface area contributed by atoms with Gasteiger partial charge in [0.05, 0.1) is 48.9 Å². The number of esters is 2. The smallest absolute Gasteiger partial charge is 0.333 e. The molecule has 0 spiro atoms. The predicted octanol–water partition coefficient (Wildman–Crippen LogP) is 3.60. The van der Waals surface area contributed by atoms with Crippen LogP contribution in [0.3, 0.4) is 0 Å². The molecule has 0 unspecified atom stereocenters. The Hall–Kier alpha value is -2.82. The lowest BCUT2D eigenvalue weighted by Gasteiger charge is -2.32. The van der Waals surface area contributed by atoms with Crippen LogP contribution in [-0.2, 0) is 47.5 Å². The van der Waals surface area contributed by atoms with Crippen molar-refractivity contribution in [2.45, 2.75) is 34.1 Å². The number of allylic oxidation sites excluding steroid dienone is 3. The number of ether oxygens (including phenoxy) is 8. The number of hydrogen-bond donors (Lipinski definition) is 0. The fraction of sp³-hybridized carbons (Fsp3) is 0.583. The van der Waals surface area contributed by atoms with Crippen molar-refractivity contribution in [1.82, 2.24) is 0 Å². The van der Waals surface area contributed by atoms with Crippen LogP contribution >= 0.6 is 0 Å². The monoisotopic (exact) mass is 486 g/mol. The zero-order valence-electron chi connectivity index (χ0n) is 20.8. The molecule has 34 heavy (non-hydrogen) atoms. The second-order valence-electron chi connectivity index (χ2n) is 7.76. The summed E-state index contributed by atoms with van der Waals surface area (Å²) in [5.74, 6) is 0.300. The van der Waals surface area contributed by atoms with E-state index in [1.165, 1.54) is 6.92 Å². The van der Waals surface area contributed by atoms with E-state index in [4.69, 9.17) is 37.9 Å². The molecule has 0 atom stereocenters. The van der Waals surface area contributed by atoms with E-state index >= 15 is 0 Å². The van der Waals surface area contributed by atoms with Gasteiger partial charge in [-0.05, 0) is 27.7 Å². The number of rotatable bonds is 21. The summed E-state index contributed by atoms with van der Waals surface area (Å²) in [4.78, 5) is 23.7. The minimum Gasteiger partial charge on any atom is -0.473 e. The third-order valence-corrected chi connectivity index (χ3v) is 3.82. The Morgan fingerprint density at radius 2 is 1.03 bits per heavy atom.